The summed E-state index contributed by atoms with van der Waals surface area (Å²) in [7, 11) is 0. The van der Waals surface area contributed by atoms with E-state index in [-0.39, 0.29) is 13.0 Å². The predicted octanol–water partition coefficient (Wildman–Crippen LogP) is 3.96. The van der Waals surface area contributed by atoms with Gasteiger partial charge in [0.25, 0.3) is 0 Å². The van der Waals surface area contributed by atoms with Gasteiger partial charge in [-0.05, 0) is 48.5 Å². The predicted molar refractivity (Wildman–Crippen MR) is 74.1 cm³/mol. The molecule has 0 aromatic heterocycles. The average Bonchev–Trinajstić information content (AvgIpc) is 2.22. The number of ether oxygens (including phenoxy) is 1. The Morgan fingerprint density at radius 1 is 0.850 bits per heavy atom. The molecule has 0 aliphatic rings. The highest BCUT2D eigenvalue weighted by Crippen LogP contribution is 2.24. The molecular formula is C13H25ClO6. The van der Waals surface area contributed by atoms with Crippen LogP contribution < -0.4 is 0 Å². The maximum Gasteiger partial charge on any atom is 0.403 e. The van der Waals surface area contributed by atoms with Crippen LogP contribution in [0, 0.1) is 0 Å². The maximum atomic E-state index is 10.6. The van der Waals surface area contributed by atoms with Crippen LogP contribution >= 0.6 is 11.6 Å². The minimum absolute atomic E-state index is 0.0137. The molecule has 0 radical (unpaired) electrons. The first-order chi connectivity index (χ1) is 8.83. The summed E-state index contributed by atoms with van der Waals surface area (Å²) < 4.78 is 4.66. The Morgan fingerprint density at radius 2 is 1.25 bits per heavy atom. The van der Waals surface area contributed by atoms with E-state index in [1.54, 1.807) is 6.92 Å². The molecule has 0 bridgehead atoms. The molecule has 0 aliphatic heterocycles. The molecule has 0 aliphatic carbocycles. The summed E-state index contributed by atoms with van der Waals surface area (Å²) in [6.45, 7) is 12.6. The SMILES string of the molecule is CC(C)(C)OOC(C)(CCOC(=O)Cl)OOC(C)(C)C. The summed E-state index contributed by atoms with van der Waals surface area (Å²) in [6, 6.07) is 0. The van der Waals surface area contributed by atoms with Crippen molar-refractivity contribution in [3.8, 4) is 0 Å². The van der Waals surface area contributed by atoms with Crippen molar-refractivity contribution in [2.45, 2.75) is 71.9 Å². The Labute approximate surface area is 125 Å². The van der Waals surface area contributed by atoms with Crippen molar-refractivity contribution >= 4 is 17.0 Å². The number of rotatable bonds is 7. The van der Waals surface area contributed by atoms with Gasteiger partial charge in [-0.1, -0.05) is 0 Å². The minimum atomic E-state index is -1.23. The van der Waals surface area contributed by atoms with Crippen LogP contribution in [0.1, 0.15) is 54.9 Å². The summed E-state index contributed by atoms with van der Waals surface area (Å²) >= 11 is 5.10. The standard InChI is InChI=1S/C13H25ClO6/c1-11(2,3)17-19-13(7,8-9-16-10(14)15)20-18-12(4,5)6/h8-9H2,1-7H3. The molecule has 0 unspecified atom stereocenters. The molecular weight excluding hydrogens is 288 g/mol. The van der Waals surface area contributed by atoms with Gasteiger partial charge in [0, 0.05) is 18.0 Å². The van der Waals surface area contributed by atoms with Crippen LogP contribution in [0.15, 0.2) is 0 Å². The van der Waals surface area contributed by atoms with Gasteiger partial charge in [0.15, 0.2) is 0 Å². The third-order valence-electron chi connectivity index (χ3n) is 1.71. The van der Waals surface area contributed by atoms with Crippen LogP contribution in [0.3, 0.4) is 0 Å². The lowest BCUT2D eigenvalue weighted by Gasteiger charge is -2.32. The van der Waals surface area contributed by atoms with E-state index in [4.69, 9.17) is 31.2 Å². The number of hydrogen-bond acceptors (Lipinski definition) is 6. The van der Waals surface area contributed by atoms with E-state index in [1.807, 2.05) is 41.5 Å². The zero-order valence-electron chi connectivity index (χ0n) is 13.2. The molecule has 0 rings (SSSR count). The third kappa shape index (κ3) is 11.4. The highest BCUT2D eigenvalue weighted by Gasteiger charge is 2.34. The molecule has 20 heavy (non-hydrogen) atoms. The van der Waals surface area contributed by atoms with Crippen LogP contribution in [-0.2, 0) is 24.3 Å². The van der Waals surface area contributed by atoms with E-state index in [9.17, 15) is 4.79 Å². The first-order valence-electron chi connectivity index (χ1n) is 6.39. The molecule has 7 heteroatoms. The van der Waals surface area contributed by atoms with Crippen molar-refractivity contribution < 1.29 is 29.1 Å². The normalized spacial score (nSPS) is 13.4. The molecule has 6 nitrogen and oxygen atoms in total. The fourth-order valence-electron chi connectivity index (χ4n) is 0.840. The largest absolute Gasteiger partial charge is 0.453 e. The summed E-state index contributed by atoms with van der Waals surface area (Å²) in [6.07, 6.45) is 0.192. The van der Waals surface area contributed by atoms with E-state index in [1.165, 1.54) is 0 Å². The van der Waals surface area contributed by atoms with Crippen molar-refractivity contribution in [2.75, 3.05) is 6.61 Å². The number of carbonyl (C=O) groups excluding carboxylic acids is 1. The average molecular weight is 313 g/mol. The van der Waals surface area contributed by atoms with Crippen LogP contribution in [-0.4, -0.2) is 29.0 Å². The summed E-state index contributed by atoms with van der Waals surface area (Å²) in [5, 5.41) is 0. The van der Waals surface area contributed by atoms with Crippen molar-refractivity contribution in [1.82, 2.24) is 0 Å². The number of hydrogen-bond donors (Lipinski definition) is 0. The second-order valence-corrected chi connectivity index (χ2v) is 6.84. The van der Waals surface area contributed by atoms with Gasteiger partial charge in [-0.15, -0.1) is 0 Å². The molecule has 0 aromatic rings. The summed E-state index contributed by atoms with van der Waals surface area (Å²) in [4.78, 5) is 31.6. The first kappa shape index (κ1) is 19.6. The lowest BCUT2D eigenvalue weighted by atomic mass is 10.2. The number of carbonyl (C=O) groups is 1. The number of halogens is 1. The Kier molecular flexibility index (Phi) is 7.41. The molecule has 120 valence electrons. The van der Waals surface area contributed by atoms with E-state index in [2.05, 4.69) is 4.74 Å². The lowest BCUT2D eigenvalue weighted by Crippen LogP contribution is -2.39. The van der Waals surface area contributed by atoms with Crippen LogP contribution in [0.4, 0.5) is 4.79 Å². The van der Waals surface area contributed by atoms with Crippen LogP contribution in [0.2, 0.25) is 0 Å². The monoisotopic (exact) mass is 312 g/mol. The molecule has 0 fully saturated rings. The van der Waals surface area contributed by atoms with Gasteiger partial charge in [-0.3, -0.25) is 0 Å². The van der Waals surface area contributed by atoms with E-state index < -0.39 is 22.4 Å². The Hall–Kier alpha value is -0.400. The molecule has 0 amide bonds. The van der Waals surface area contributed by atoms with Gasteiger partial charge >= 0.3 is 5.43 Å². The Balaban J connectivity index is 4.53. The molecule has 0 spiro atoms. The Bertz CT molecular complexity index is 287. The Morgan fingerprint density at radius 3 is 1.55 bits per heavy atom. The highest BCUT2D eigenvalue weighted by molar-refractivity contribution is 6.61. The van der Waals surface area contributed by atoms with E-state index >= 15 is 0 Å². The summed E-state index contributed by atoms with van der Waals surface area (Å²) in [5.41, 5.74) is -1.92. The molecule has 0 atom stereocenters. The van der Waals surface area contributed by atoms with Gasteiger partial charge in [0.2, 0.25) is 5.79 Å². The fraction of sp³-hybridized carbons (Fsp3) is 0.923. The maximum absolute atomic E-state index is 10.6. The van der Waals surface area contributed by atoms with Gasteiger partial charge in [0.05, 0.1) is 17.8 Å². The van der Waals surface area contributed by atoms with Crippen LogP contribution in [0.5, 0.6) is 0 Å². The van der Waals surface area contributed by atoms with Gasteiger partial charge < -0.3 is 4.74 Å². The van der Waals surface area contributed by atoms with Crippen molar-refractivity contribution in [3.05, 3.63) is 0 Å². The highest BCUT2D eigenvalue weighted by atomic mass is 35.5. The van der Waals surface area contributed by atoms with Gasteiger partial charge in [0.1, 0.15) is 0 Å². The zero-order chi connectivity index (χ0) is 16.0. The van der Waals surface area contributed by atoms with Crippen molar-refractivity contribution in [1.29, 1.82) is 0 Å². The van der Waals surface area contributed by atoms with Gasteiger partial charge in [-0.2, -0.15) is 9.78 Å². The molecule has 0 heterocycles. The topological polar surface area (TPSA) is 63.2 Å². The third-order valence-corrected chi connectivity index (χ3v) is 1.82. The van der Waals surface area contributed by atoms with Crippen LogP contribution in [0.25, 0.3) is 0 Å². The second-order valence-electron chi connectivity index (χ2n) is 6.53. The molecule has 0 aromatic carbocycles. The van der Waals surface area contributed by atoms with Crippen molar-refractivity contribution in [2.24, 2.45) is 0 Å². The lowest BCUT2D eigenvalue weighted by molar-refractivity contribution is -0.537. The second kappa shape index (κ2) is 7.56. The molecule has 0 saturated carbocycles. The zero-order valence-corrected chi connectivity index (χ0v) is 14.0. The van der Waals surface area contributed by atoms with Gasteiger partial charge in [-0.25, -0.2) is 14.6 Å². The molecule has 0 N–H and O–H groups in total. The van der Waals surface area contributed by atoms with E-state index in [0.717, 1.165) is 0 Å². The molecule has 0 saturated heterocycles. The quantitative estimate of drug-likeness (QED) is 0.307. The summed E-state index contributed by atoms with van der Waals surface area (Å²) in [5.74, 6) is -1.23. The smallest absolute Gasteiger partial charge is 0.403 e. The minimum Gasteiger partial charge on any atom is -0.453 e. The fourth-order valence-corrected chi connectivity index (χ4v) is 0.917. The first-order valence-corrected chi connectivity index (χ1v) is 6.77. The van der Waals surface area contributed by atoms with Crippen molar-refractivity contribution in [3.63, 3.8) is 0 Å². The van der Waals surface area contributed by atoms with E-state index in [0.29, 0.717) is 0 Å².